The highest BCUT2D eigenvalue weighted by Crippen LogP contribution is 2.11. The molecule has 2 aromatic heterocycles. The van der Waals surface area contributed by atoms with Gasteiger partial charge in [-0.15, -0.1) is 0 Å². The van der Waals surface area contributed by atoms with Crippen molar-refractivity contribution in [1.29, 1.82) is 0 Å². The fourth-order valence-corrected chi connectivity index (χ4v) is 2.11. The SMILES string of the molecule is O=C(/C=C/c1coc2ccccc2c1=O)NNC(=O)c1ccncc1. The molecule has 124 valence electrons. The van der Waals surface area contributed by atoms with E-state index in [1.54, 1.807) is 24.3 Å². The Bertz CT molecular complexity index is 1010. The molecule has 0 fully saturated rings. The van der Waals surface area contributed by atoms with Gasteiger partial charge < -0.3 is 4.42 Å². The number of aromatic nitrogens is 1. The van der Waals surface area contributed by atoms with Crippen molar-refractivity contribution in [1.82, 2.24) is 15.8 Å². The summed E-state index contributed by atoms with van der Waals surface area (Å²) in [5.41, 5.74) is 5.30. The molecule has 7 heteroatoms. The van der Waals surface area contributed by atoms with Crippen LogP contribution in [0.4, 0.5) is 0 Å². The molecule has 1 aromatic carbocycles. The van der Waals surface area contributed by atoms with Gasteiger partial charge in [-0.05, 0) is 30.3 Å². The van der Waals surface area contributed by atoms with E-state index in [0.717, 1.165) is 6.08 Å². The fourth-order valence-electron chi connectivity index (χ4n) is 2.11. The highest BCUT2D eigenvalue weighted by Gasteiger charge is 2.06. The lowest BCUT2D eigenvalue weighted by Gasteiger charge is -2.04. The van der Waals surface area contributed by atoms with E-state index in [0.29, 0.717) is 16.5 Å². The second-order valence-corrected chi connectivity index (χ2v) is 5.03. The van der Waals surface area contributed by atoms with E-state index < -0.39 is 11.8 Å². The molecule has 0 saturated heterocycles. The average molecular weight is 335 g/mol. The molecular formula is C18H13N3O4. The van der Waals surface area contributed by atoms with Gasteiger partial charge in [0.25, 0.3) is 11.8 Å². The first-order chi connectivity index (χ1) is 12.1. The van der Waals surface area contributed by atoms with Crippen molar-refractivity contribution >= 4 is 28.9 Å². The first-order valence-electron chi connectivity index (χ1n) is 7.34. The predicted octanol–water partition coefficient (Wildman–Crippen LogP) is 1.66. The second kappa shape index (κ2) is 7.22. The molecule has 0 bridgehead atoms. The quantitative estimate of drug-likeness (QED) is 0.560. The number of pyridine rings is 1. The molecule has 0 spiro atoms. The lowest BCUT2D eigenvalue weighted by molar-refractivity contribution is -0.117. The highest BCUT2D eigenvalue weighted by molar-refractivity contribution is 5.97. The number of nitrogens with one attached hydrogen (secondary N) is 2. The zero-order chi connectivity index (χ0) is 17.6. The number of carbonyl (C=O) groups excluding carboxylic acids is 2. The number of hydrazine groups is 1. The summed E-state index contributed by atoms with van der Waals surface area (Å²) in [5, 5.41) is 0.427. The van der Waals surface area contributed by atoms with Crippen LogP contribution in [0.1, 0.15) is 15.9 Å². The van der Waals surface area contributed by atoms with Crippen molar-refractivity contribution in [3.05, 3.63) is 82.5 Å². The van der Waals surface area contributed by atoms with E-state index >= 15 is 0 Å². The molecular weight excluding hydrogens is 322 g/mol. The first kappa shape index (κ1) is 16.1. The lowest BCUT2D eigenvalue weighted by Crippen LogP contribution is -2.40. The average Bonchev–Trinajstić information content (AvgIpc) is 2.66. The van der Waals surface area contributed by atoms with E-state index in [2.05, 4.69) is 15.8 Å². The second-order valence-electron chi connectivity index (χ2n) is 5.03. The Hall–Kier alpha value is -3.74. The van der Waals surface area contributed by atoms with Gasteiger partial charge in [-0.3, -0.25) is 30.2 Å². The smallest absolute Gasteiger partial charge is 0.269 e. The minimum atomic E-state index is -0.588. The van der Waals surface area contributed by atoms with Crippen LogP contribution in [0.3, 0.4) is 0 Å². The van der Waals surface area contributed by atoms with Crippen molar-refractivity contribution < 1.29 is 14.0 Å². The third kappa shape index (κ3) is 3.78. The Balaban J connectivity index is 1.66. The number of hydrogen-bond donors (Lipinski definition) is 2. The number of fused-ring (bicyclic) bond motifs is 1. The van der Waals surface area contributed by atoms with Crippen LogP contribution in [0.5, 0.6) is 0 Å². The summed E-state index contributed by atoms with van der Waals surface area (Å²) < 4.78 is 5.35. The molecule has 7 nitrogen and oxygen atoms in total. The minimum absolute atomic E-state index is 0.231. The molecule has 0 aliphatic rings. The number of rotatable bonds is 3. The van der Waals surface area contributed by atoms with Gasteiger partial charge in [0.2, 0.25) is 0 Å². The van der Waals surface area contributed by atoms with Crippen LogP contribution in [0, 0.1) is 0 Å². The first-order valence-corrected chi connectivity index (χ1v) is 7.34. The Morgan fingerprint density at radius 3 is 2.60 bits per heavy atom. The van der Waals surface area contributed by atoms with Gasteiger partial charge in [0, 0.05) is 24.0 Å². The van der Waals surface area contributed by atoms with Crippen molar-refractivity contribution in [2.45, 2.75) is 0 Å². The largest absolute Gasteiger partial charge is 0.463 e. The van der Waals surface area contributed by atoms with Gasteiger partial charge in [0.1, 0.15) is 11.8 Å². The van der Waals surface area contributed by atoms with Gasteiger partial charge in [-0.25, -0.2) is 0 Å². The van der Waals surface area contributed by atoms with Crippen LogP contribution in [0.2, 0.25) is 0 Å². The maximum Gasteiger partial charge on any atom is 0.269 e. The number of amides is 2. The number of nitrogens with zero attached hydrogens (tertiary/aromatic N) is 1. The van der Waals surface area contributed by atoms with Crippen molar-refractivity contribution in [3.8, 4) is 0 Å². The van der Waals surface area contributed by atoms with Crippen LogP contribution in [-0.4, -0.2) is 16.8 Å². The standard InChI is InChI=1S/C18H13N3O4/c22-16(20-21-18(24)12-7-9-19-10-8-12)6-5-13-11-25-15-4-2-1-3-14(15)17(13)23/h1-11H,(H,20,22)(H,21,24)/b6-5+. The van der Waals surface area contributed by atoms with Crippen LogP contribution >= 0.6 is 0 Å². The van der Waals surface area contributed by atoms with E-state index in [-0.39, 0.29) is 11.0 Å². The fraction of sp³-hybridized carbons (Fsp3) is 0. The van der Waals surface area contributed by atoms with E-state index in [9.17, 15) is 14.4 Å². The van der Waals surface area contributed by atoms with Crippen LogP contribution in [-0.2, 0) is 4.79 Å². The number of benzene rings is 1. The monoisotopic (exact) mass is 335 g/mol. The number of para-hydroxylation sites is 1. The van der Waals surface area contributed by atoms with Gasteiger partial charge >= 0.3 is 0 Å². The van der Waals surface area contributed by atoms with Gasteiger partial charge in [0.05, 0.1) is 10.9 Å². The molecule has 0 aliphatic heterocycles. The van der Waals surface area contributed by atoms with Gasteiger partial charge in [-0.2, -0.15) is 0 Å². The van der Waals surface area contributed by atoms with Crippen molar-refractivity contribution in [2.75, 3.05) is 0 Å². The maximum atomic E-state index is 12.3. The van der Waals surface area contributed by atoms with Crippen molar-refractivity contribution in [2.24, 2.45) is 0 Å². The van der Waals surface area contributed by atoms with E-state index in [1.165, 1.54) is 36.9 Å². The van der Waals surface area contributed by atoms with Crippen LogP contribution < -0.4 is 16.3 Å². The number of hydrogen-bond acceptors (Lipinski definition) is 5. The molecule has 2 N–H and O–H groups in total. The Kier molecular flexibility index (Phi) is 4.66. The predicted molar refractivity (Wildman–Crippen MR) is 91.4 cm³/mol. The van der Waals surface area contributed by atoms with Crippen LogP contribution in [0.25, 0.3) is 17.0 Å². The lowest BCUT2D eigenvalue weighted by atomic mass is 10.1. The normalized spacial score (nSPS) is 10.7. The van der Waals surface area contributed by atoms with E-state index in [1.807, 2.05) is 0 Å². The molecule has 2 heterocycles. The summed E-state index contributed by atoms with van der Waals surface area (Å²) >= 11 is 0. The molecule has 0 radical (unpaired) electrons. The summed E-state index contributed by atoms with van der Waals surface area (Å²) in [5.74, 6) is -1.07. The maximum absolute atomic E-state index is 12.3. The zero-order valence-electron chi connectivity index (χ0n) is 12.9. The molecule has 25 heavy (non-hydrogen) atoms. The third-order valence-corrected chi connectivity index (χ3v) is 3.36. The molecule has 2 amide bonds. The number of carbonyl (C=O) groups is 2. The van der Waals surface area contributed by atoms with Gasteiger partial charge in [-0.1, -0.05) is 12.1 Å². The summed E-state index contributed by atoms with van der Waals surface area (Å²) in [4.78, 5) is 39.6. The topological polar surface area (TPSA) is 101 Å². The highest BCUT2D eigenvalue weighted by atomic mass is 16.3. The Morgan fingerprint density at radius 1 is 1.04 bits per heavy atom. The molecule has 0 unspecified atom stereocenters. The minimum Gasteiger partial charge on any atom is -0.463 e. The Morgan fingerprint density at radius 2 is 1.80 bits per heavy atom. The van der Waals surface area contributed by atoms with E-state index in [4.69, 9.17) is 4.42 Å². The molecule has 0 atom stereocenters. The zero-order valence-corrected chi connectivity index (χ0v) is 12.9. The van der Waals surface area contributed by atoms with Crippen LogP contribution in [0.15, 0.2) is 70.3 Å². The summed E-state index contributed by atoms with van der Waals surface area (Å²) in [6, 6.07) is 9.85. The molecule has 0 saturated carbocycles. The summed E-state index contributed by atoms with van der Waals surface area (Å²) in [6.45, 7) is 0. The molecule has 3 rings (SSSR count). The molecule has 3 aromatic rings. The summed E-state index contributed by atoms with van der Waals surface area (Å²) in [7, 11) is 0. The van der Waals surface area contributed by atoms with Crippen molar-refractivity contribution in [3.63, 3.8) is 0 Å². The third-order valence-electron chi connectivity index (χ3n) is 3.36. The Labute approximate surface area is 142 Å². The summed E-state index contributed by atoms with van der Waals surface area (Å²) in [6.07, 6.45) is 6.68. The van der Waals surface area contributed by atoms with Gasteiger partial charge in [0.15, 0.2) is 5.43 Å². The molecule has 0 aliphatic carbocycles.